The number of carbonyl (C=O) groups excluding carboxylic acids is 3. The molecule has 0 radical (unpaired) electrons. The van der Waals surface area contributed by atoms with Crippen LogP contribution in [0.15, 0.2) is 0 Å². The molecule has 0 spiro atoms. The van der Waals surface area contributed by atoms with Gasteiger partial charge in [-0.15, -0.1) is 0 Å². The predicted octanol–water partition coefficient (Wildman–Crippen LogP) is 2.58. The molecule has 2 saturated heterocycles. The maximum atomic E-state index is 13.3. The Labute approximate surface area is 246 Å². The van der Waals surface area contributed by atoms with E-state index in [2.05, 4.69) is 25.8 Å². The van der Waals surface area contributed by atoms with Crippen LogP contribution in [0, 0.1) is 0 Å². The van der Waals surface area contributed by atoms with Crippen molar-refractivity contribution in [1.29, 1.82) is 0 Å². The van der Waals surface area contributed by atoms with E-state index in [9.17, 15) is 23.1 Å². The molecule has 4 amide bonds. The van der Waals surface area contributed by atoms with Crippen LogP contribution in [0.2, 0.25) is 0 Å². The highest BCUT2D eigenvalue weighted by atomic mass is 32.2. The number of carbonyl (C=O) groups is 3. The third-order valence-electron chi connectivity index (χ3n) is 6.31. The summed E-state index contributed by atoms with van der Waals surface area (Å²) in [4.78, 5) is 35.1. The monoisotopic (exact) mass is 628 g/mol. The number of thioether (sulfide) groups is 1. The number of rotatable bonds is 24. The lowest BCUT2D eigenvalue weighted by Gasteiger charge is -2.16. The fourth-order valence-electron chi connectivity index (χ4n) is 4.25. The average molecular weight is 629 g/mol. The van der Waals surface area contributed by atoms with E-state index in [1.165, 1.54) is 0 Å². The van der Waals surface area contributed by atoms with Crippen molar-refractivity contribution in [3.63, 3.8) is 0 Å². The van der Waals surface area contributed by atoms with Gasteiger partial charge in [-0.2, -0.15) is 16.0 Å². The third kappa shape index (κ3) is 16.5. The molecule has 0 aromatic heterocycles. The van der Waals surface area contributed by atoms with E-state index in [0.29, 0.717) is 51.0 Å². The van der Waals surface area contributed by atoms with E-state index in [1.54, 1.807) is 6.92 Å². The summed E-state index contributed by atoms with van der Waals surface area (Å²) in [6.07, 6.45) is 3.93. The van der Waals surface area contributed by atoms with E-state index in [4.69, 9.17) is 18.9 Å². The zero-order chi connectivity index (χ0) is 29.8. The van der Waals surface area contributed by atoms with Crippen LogP contribution in [-0.4, -0.2) is 113 Å². The first kappa shape index (κ1) is 35.6. The molecule has 0 aromatic carbocycles. The SMILES string of the molecule is CCOP(=O)(F)CCOCCOCCOCCOC(=O)NCCCCNC(=O)CCCC[C@@H]1SC[C@@H]2NC(=O)N[C@@H]21. The first-order valence-electron chi connectivity index (χ1n) is 14.3. The molecular formula is C25H46FN4O9PS. The van der Waals surface area contributed by atoms with Crippen molar-refractivity contribution in [1.82, 2.24) is 21.3 Å². The standard InChI is InChI=1S/C25H46FN4O9PS/c1-2-39-40(26,34)18-17-37-14-13-35-11-12-36-15-16-38-25(33)28-10-6-5-9-27-22(31)8-4-3-7-21-23-20(19-41-21)29-24(32)30-23/h20-21,23H,2-19H2,1H3,(H,27,31)(H,28,33)(H2,29,30,32)/t20-,21-,23-,40?/m0/s1. The van der Waals surface area contributed by atoms with Crippen LogP contribution in [0.4, 0.5) is 13.8 Å². The average Bonchev–Trinajstić information content (AvgIpc) is 3.48. The zero-order valence-corrected chi connectivity index (χ0v) is 25.6. The minimum absolute atomic E-state index is 0.00625. The van der Waals surface area contributed by atoms with E-state index in [1.807, 2.05) is 11.8 Å². The molecule has 2 heterocycles. The molecule has 0 saturated carbocycles. The van der Waals surface area contributed by atoms with E-state index < -0.39 is 13.8 Å². The fourth-order valence-corrected chi connectivity index (χ4v) is 6.65. The summed E-state index contributed by atoms with van der Waals surface area (Å²) in [5.74, 6) is 0.979. The molecule has 13 nitrogen and oxygen atoms in total. The van der Waals surface area contributed by atoms with Crippen LogP contribution in [0.5, 0.6) is 0 Å². The summed E-state index contributed by atoms with van der Waals surface area (Å²) < 4.78 is 49.8. The van der Waals surface area contributed by atoms with Crippen molar-refractivity contribution >= 4 is 37.5 Å². The predicted molar refractivity (Wildman–Crippen MR) is 153 cm³/mol. The van der Waals surface area contributed by atoms with Gasteiger partial charge in [0.1, 0.15) is 6.61 Å². The van der Waals surface area contributed by atoms with Gasteiger partial charge in [-0.1, -0.05) is 6.42 Å². The highest BCUT2D eigenvalue weighted by molar-refractivity contribution is 8.00. The Bertz CT molecular complexity index is 832. The fraction of sp³-hybridized carbons (Fsp3) is 0.880. The lowest BCUT2D eigenvalue weighted by atomic mass is 10.0. The summed E-state index contributed by atoms with van der Waals surface area (Å²) in [6.45, 7) is 4.15. The molecule has 2 fully saturated rings. The number of nitrogens with one attached hydrogen (secondary N) is 4. The van der Waals surface area contributed by atoms with Crippen molar-refractivity contribution in [2.75, 3.05) is 77.9 Å². The Balaban J connectivity index is 1.28. The topological polar surface area (TPSA) is 163 Å². The Kier molecular flexibility index (Phi) is 18.3. The van der Waals surface area contributed by atoms with Crippen LogP contribution in [0.1, 0.15) is 45.4 Å². The molecule has 0 aliphatic carbocycles. The Morgan fingerprint density at radius 2 is 1.61 bits per heavy atom. The summed E-state index contributed by atoms with van der Waals surface area (Å²) >= 11 is 1.88. The number of alkyl carbamates (subject to hydrolysis) is 1. The molecule has 1 unspecified atom stereocenters. The lowest BCUT2D eigenvalue weighted by molar-refractivity contribution is -0.121. The first-order valence-corrected chi connectivity index (χ1v) is 17.1. The van der Waals surface area contributed by atoms with Gasteiger partial charge in [0, 0.05) is 30.5 Å². The second-order valence-corrected chi connectivity index (χ2v) is 12.7. The quantitative estimate of drug-likeness (QED) is 0.0710. The zero-order valence-electron chi connectivity index (χ0n) is 23.9. The summed E-state index contributed by atoms with van der Waals surface area (Å²) in [5.41, 5.74) is 0. The van der Waals surface area contributed by atoms with E-state index in [-0.39, 0.29) is 63.2 Å². The smallest absolute Gasteiger partial charge is 0.407 e. The van der Waals surface area contributed by atoms with E-state index in [0.717, 1.165) is 31.4 Å². The maximum absolute atomic E-state index is 13.3. The Hall–Kier alpha value is -1.64. The number of ether oxygens (including phenoxy) is 4. The van der Waals surface area contributed by atoms with Gasteiger partial charge in [-0.05, 0) is 32.6 Å². The molecule has 41 heavy (non-hydrogen) atoms. The number of hydrogen-bond donors (Lipinski definition) is 4. The van der Waals surface area contributed by atoms with Gasteiger partial charge in [0.2, 0.25) is 5.91 Å². The minimum atomic E-state index is -4.05. The molecular weight excluding hydrogens is 582 g/mol. The molecule has 4 atom stereocenters. The molecule has 2 aliphatic heterocycles. The maximum Gasteiger partial charge on any atom is 0.407 e. The lowest BCUT2D eigenvalue weighted by Crippen LogP contribution is -2.36. The highest BCUT2D eigenvalue weighted by Crippen LogP contribution is 2.47. The van der Waals surface area contributed by atoms with Crippen LogP contribution in [-0.2, 0) is 32.8 Å². The molecule has 2 rings (SSSR count). The number of unbranched alkanes of at least 4 members (excludes halogenated alkanes) is 2. The van der Waals surface area contributed by atoms with Crippen molar-refractivity contribution in [2.45, 2.75) is 62.8 Å². The summed E-state index contributed by atoms with van der Waals surface area (Å²) in [6, 6.07) is 0.362. The number of urea groups is 1. The highest BCUT2D eigenvalue weighted by Gasteiger charge is 2.42. The van der Waals surface area contributed by atoms with Gasteiger partial charge in [0.15, 0.2) is 0 Å². The van der Waals surface area contributed by atoms with Gasteiger partial charge in [-0.25, -0.2) is 9.59 Å². The normalized spacial score (nSPS) is 21.0. The van der Waals surface area contributed by atoms with Crippen molar-refractivity contribution in [3.05, 3.63) is 0 Å². The number of hydrogen-bond acceptors (Lipinski definition) is 10. The van der Waals surface area contributed by atoms with Gasteiger partial charge < -0.3 is 44.7 Å². The third-order valence-corrected chi connectivity index (χ3v) is 9.17. The van der Waals surface area contributed by atoms with Crippen LogP contribution >= 0.6 is 19.4 Å². The van der Waals surface area contributed by atoms with Gasteiger partial charge in [-0.3, -0.25) is 9.36 Å². The van der Waals surface area contributed by atoms with Gasteiger partial charge in [0.05, 0.1) is 64.5 Å². The van der Waals surface area contributed by atoms with Gasteiger partial charge >= 0.3 is 19.8 Å². The minimum Gasteiger partial charge on any atom is -0.447 e. The van der Waals surface area contributed by atoms with E-state index >= 15 is 0 Å². The second kappa shape index (κ2) is 21.1. The molecule has 0 aromatic rings. The van der Waals surface area contributed by atoms with Crippen LogP contribution < -0.4 is 21.3 Å². The van der Waals surface area contributed by atoms with Crippen LogP contribution in [0.3, 0.4) is 0 Å². The number of amides is 4. The van der Waals surface area contributed by atoms with Gasteiger partial charge in [0.25, 0.3) is 0 Å². The second-order valence-electron chi connectivity index (χ2n) is 9.56. The number of halogens is 1. The largest absolute Gasteiger partial charge is 0.447 e. The Morgan fingerprint density at radius 1 is 0.951 bits per heavy atom. The van der Waals surface area contributed by atoms with Crippen LogP contribution in [0.25, 0.3) is 0 Å². The molecule has 4 N–H and O–H groups in total. The van der Waals surface area contributed by atoms with Crippen molar-refractivity contribution in [3.8, 4) is 0 Å². The molecule has 2 aliphatic rings. The summed E-state index contributed by atoms with van der Waals surface area (Å²) in [5, 5.41) is 11.9. The van der Waals surface area contributed by atoms with Crippen molar-refractivity contribution < 1.29 is 46.6 Å². The molecule has 238 valence electrons. The Morgan fingerprint density at radius 3 is 2.32 bits per heavy atom. The number of fused-ring (bicyclic) bond motifs is 1. The molecule has 0 bridgehead atoms. The summed E-state index contributed by atoms with van der Waals surface area (Å²) in [7, 11) is -4.05. The first-order chi connectivity index (χ1) is 19.8. The molecule has 16 heteroatoms. The van der Waals surface area contributed by atoms with Crippen molar-refractivity contribution in [2.24, 2.45) is 0 Å².